The molecule has 0 aliphatic rings. The summed E-state index contributed by atoms with van der Waals surface area (Å²) in [6, 6.07) is 34.2. The molecule has 2 nitrogen and oxygen atoms in total. The van der Waals surface area contributed by atoms with Gasteiger partial charge in [0, 0.05) is 36.5 Å². The highest BCUT2D eigenvalue weighted by Gasteiger charge is 2.22. The average Bonchev–Trinajstić information content (AvgIpc) is 3.46. The van der Waals surface area contributed by atoms with E-state index in [1.54, 1.807) is 0 Å². The first-order valence-electron chi connectivity index (χ1n) is 10.2. The summed E-state index contributed by atoms with van der Waals surface area (Å²) < 4.78 is 5.00. The van der Waals surface area contributed by atoms with Crippen LogP contribution in [0.5, 0.6) is 0 Å². The predicted molar refractivity (Wildman–Crippen MR) is 135 cm³/mol. The molecule has 4 heterocycles. The Morgan fingerprint density at radius 2 is 1.13 bits per heavy atom. The number of pyridine rings is 1. The molecular formula is C27H16N2S2. The summed E-state index contributed by atoms with van der Waals surface area (Å²) in [6.07, 6.45) is 0. The van der Waals surface area contributed by atoms with Gasteiger partial charge < -0.3 is 0 Å². The lowest BCUT2D eigenvalue weighted by Crippen LogP contribution is -1.96. The molecule has 0 spiro atoms. The summed E-state index contributed by atoms with van der Waals surface area (Å²) in [5, 5.41) is 5.35. The van der Waals surface area contributed by atoms with E-state index in [9.17, 15) is 0 Å². The van der Waals surface area contributed by atoms with E-state index in [0.29, 0.717) is 0 Å². The second kappa shape index (κ2) is 6.51. The third-order valence-electron chi connectivity index (χ3n) is 5.84. The Morgan fingerprint density at radius 1 is 0.548 bits per heavy atom. The molecule has 0 bridgehead atoms. The highest BCUT2D eigenvalue weighted by molar-refractivity contribution is 7.28. The Labute approximate surface area is 186 Å². The van der Waals surface area contributed by atoms with Crippen LogP contribution in [0.1, 0.15) is 0 Å². The molecule has 7 rings (SSSR count). The van der Waals surface area contributed by atoms with Crippen LogP contribution in [0, 0.1) is 0 Å². The summed E-state index contributed by atoms with van der Waals surface area (Å²) in [5.74, 6) is 0.972. The normalized spacial score (nSPS) is 11.9. The first-order chi connectivity index (χ1) is 15.4. The third kappa shape index (κ3) is 2.46. The molecular weight excluding hydrogens is 416 g/mol. The first-order valence-corrected chi connectivity index (χ1v) is 11.9. The summed E-state index contributed by atoms with van der Waals surface area (Å²) in [5.41, 5.74) is 2.13. The van der Waals surface area contributed by atoms with Gasteiger partial charge >= 0.3 is 0 Å². The Morgan fingerprint density at radius 3 is 1.77 bits per heavy atom. The van der Waals surface area contributed by atoms with E-state index in [1.807, 2.05) is 28.7 Å². The van der Waals surface area contributed by atoms with Gasteiger partial charge in [0.15, 0.2) is 0 Å². The van der Waals surface area contributed by atoms with E-state index in [4.69, 9.17) is 4.98 Å². The SMILES string of the molecule is c1ccc(-c2cccc(-n3c4sc5ccccc5c4c4c5ccccc5sc43)n2)cc1. The Balaban J connectivity index is 1.63. The van der Waals surface area contributed by atoms with Gasteiger partial charge in [0.05, 0.1) is 5.69 Å². The maximum Gasteiger partial charge on any atom is 0.139 e. The molecule has 146 valence electrons. The maximum atomic E-state index is 5.10. The van der Waals surface area contributed by atoms with Gasteiger partial charge in [-0.25, -0.2) is 4.98 Å². The van der Waals surface area contributed by atoms with Crippen molar-refractivity contribution in [1.82, 2.24) is 9.55 Å². The van der Waals surface area contributed by atoms with Crippen LogP contribution in [-0.2, 0) is 0 Å². The first kappa shape index (κ1) is 17.2. The largest absolute Gasteiger partial charge is 0.276 e. The summed E-state index contributed by atoms with van der Waals surface area (Å²) >= 11 is 3.71. The number of rotatable bonds is 2. The van der Waals surface area contributed by atoms with Crippen molar-refractivity contribution in [3.05, 3.63) is 97.1 Å². The number of aromatic nitrogens is 2. The molecule has 0 saturated carbocycles. The third-order valence-corrected chi connectivity index (χ3v) is 8.15. The molecule has 0 atom stereocenters. The fraction of sp³-hybridized carbons (Fsp3) is 0. The summed E-state index contributed by atoms with van der Waals surface area (Å²) in [6.45, 7) is 0. The number of hydrogen-bond acceptors (Lipinski definition) is 3. The number of thiophene rings is 2. The minimum Gasteiger partial charge on any atom is -0.276 e. The molecule has 0 N–H and O–H groups in total. The Kier molecular flexibility index (Phi) is 3.62. The molecule has 0 unspecified atom stereocenters. The van der Waals surface area contributed by atoms with E-state index >= 15 is 0 Å². The van der Waals surface area contributed by atoms with Gasteiger partial charge in [-0.1, -0.05) is 72.8 Å². The van der Waals surface area contributed by atoms with Crippen molar-refractivity contribution >= 4 is 63.3 Å². The van der Waals surface area contributed by atoms with Crippen LogP contribution in [0.3, 0.4) is 0 Å². The standard InChI is InChI=1S/C27H16N2S2/c1-2-9-17(10-3-1)20-13-8-16-23(28-20)29-26-24(18-11-4-6-14-21(18)30-26)25-19-12-5-7-15-22(19)31-27(25)29/h1-16H. The monoisotopic (exact) mass is 432 g/mol. The maximum absolute atomic E-state index is 5.10. The van der Waals surface area contributed by atoms with Crippen LogP contribution < -0.4 is 0 Å². The number of fused-ring (bicyclic) bond motifs is 7. The van der Waals surface area contributed by atoms with Gasteiger partial charge in [0.25, 0.3) is 0 Å². The molecule has 0 amide bonds. The second-order valence-corrected chi connectivity index (χ2v) is 9.70. The number of nitrogens with zero attached hydrogens (tertiary/aromatic N) is 2. The minimum atomic E-state index is 0.972. The molecule has 0 aliphatic heterocycles. The van der Waals surface area contributed by atoms with Gasteiger partial charge in [0.2, 0.25) is 0 Å². The second-order valence-electron chi connectivity index (χ2n) is 7.64. The average molecular weight is 433 g/mol. The molecule has 4 aromatic heterocycles. The summed E-state index contributed by atoms with van der Waals surface area (Å²) in [7, 11) is 0. The van der Waals surface area contributed by atoms with Crippen LogP contribution in [-0.4, -0.2) is 9.55 Å². The molecule has 0 fully saturated rings. The van der Waals surface area contributed by atoms with Crippen molar-refractivity contribution in [1.29, 1.82) is 0 Å². The minimum absolute atomic E-state index is 0.972. The summed E-state index contributed by atoms with van der Waals surface area (Å²) in [4.78, 5) is 7.64. The molecule has 3 aromatic carbocycles. The highest BCUT2D eigenvalue weighted by atomic mass is 32.1. The van der Waals surface area contributed by atoms with Gasteiger partial charge in [0.1, 0.15) is 15.5 Å². The number of hydrogen-bond donors (Lipinski definition) is 0. The molecule has 31 heavy (non-hydrogen) atoms. The Hall–Kier alpha value is -3.47. The lowest BCUT2D eigenvalue weighted by Gasteiger charge is -2.07. The topological polar surface area (TPSA) is 17.8 Å². The van der Waals surface area contributed by atoms with Gasteiger partial charge in [-0.05, 0) is 24.3 Å². The Bertz CT molecular complexity index is 1650. The zero-order valence-corrected chi connectivity index (χ0v) is 18.1. The van der Waals surface area contributed by atoms with E-state index in [0.717, 1.165) is 17.1 Å². The van der Waals surface area contributed by atoms with E-state index in [1.165, 1.54) is 40.6 Å². The van der Waals surface area contributed by atoms with Crippen LogP contribution in [0.2, 0.25) is 0 Å². The van der Waals surface area contributed by atoms with Crippen LogP contribution in [0.15, 0.2) is 97.1 Å². The van der Waals surface area contributed by atoms with Crippen molar-refractivity contribution < 1.29 is 0 Å². The zero-order valence-electron chi connectivity index (χ0n) is 16.4. The van der Waals surface area contributed by atoms with Gasteiger partial charge in [-0.3, -0.25) is 4.57 Å². The van der Waals surface area contributed by atoms with Crippen LogP contribution in [0.4, 0.5) is 0 Å². The lowest BCUT2D eigenvalue weighted by molar-refractivity contribution is 1.10. The predicted octanol–water partition coefficient (Wildman–Crippen LogP) is 8.28. The van der Waals surface area contributed by atoms with Crippen molar-refractivity contribution in [2.24, 2.45) is 0 Å². The molecule has 0 radical (unpaired) electrons. The van der Waals surface area contributed by atoms with Crippen molar-refractivity contribution in [3.8, 4) is 17.1 Å². The molecule has 0 aliphatic carbocycles. The number of benzene rings is 3. The van der Waals surface area contributed by atoms with E-state index in [2.05, 4.69) is 95.6 Å². The fourth-order valence-corrected chi connectivity index (χ4v) is 6.99. The molecule has 7 aromatic rings. The zero-order chi connectivity index (χ0) is 20.4. The van der Waals surface area contributed by atoms with Crippen molar-refractivity contribution in [3.63, 3.8) is 0 Å². The van der Waals surface area contributed by atoms with Crippen LogP contribution >= 0.6 is 22.7 Å². The van der Waals surface area contributed by atoms with Crippen molar-refractivity contribution in [2.45, 2.75) is 0 Å². The van der Waals surface area contributed by atoms with E-state index < -0.39 is 0 Å². The van der Waals surface area contributed by atoms with Crippen molar-refractivity contribution in [2.75, 3.05) is 0 Å². The highest BCUT2D eigenvalue weighted by Crippen LogP contribution is 2.47. The van der Waals surface area contributed by atoms with Crippen LogP contribution in [0.25, 0.3) is 57.7 Å². The van der Waals surface area contributed by atoms with E-state index in [-0.39, 0.29) is 0 Å². The van der Waals surface area contributed by atoms with Gasteiger partial charge in [-0.2, -0.15) is 0 Å². The van der Waals surface area contributed by atoms with Gasteiger partial charge in [-0.15, -0.1) is 22.7 Å². The molecule has 4 heteroatoms. The quantitative estimate of drug-likeness (QED) is 0.269. The molecule has 0 saturated heterocycles. The smallest absolute Gasteiger partial charge is 0.139 e. The fourth-order valence-electron chi connectivity index (χ4n) is 4.48. The lowest BCUT2D eigenvalue weighted by atomic mass is 10.1.